The highest BCUT2D eigenvalue weighted by Gasteiger charge is 2.09. The van der Waals surface area contributed by atoms with Gasteiger partial charge in [0.25, 0.3) is 5.91 Å². The third-order valence-electron chi connectivity index (χ3n) is 2.53. The van der Waals surface area contributed by atoms with E-state index in [0.29, 0.717) is 17.8 Å². The topological polar surface area (TPSA) is 106 Å². The average Bonchev–Trinajstić information content (AvgIpc) is 2.85. The van der Waals surface area contributed by atoms with Crippen LogP contribution < -0.4 is 10.0 Å². The van der Waals surface area contributed by atoms with Gasteiger partial charge in [0.05, 0.1) is 23.7 Å². The summed E-state index contributed by atoms with van der Waals surface area (Å²) in [7, 11) is -3.38. The standard InChI is InChI=1S/C12H15N5O3S/c1-3-17-8-10(7-14-17)15-12(18)9-4-5-11(13-6-9)16-21(2,19)20/h4-8H,3H2,1-2H3,(H,13,16)(H,15,18). The van der Waals surface area contributed by atoms with E-state index in [1.54, 1.807) is 17.1 Å². The molecule has 9 heteroatoms. The quantitative estimate of drug-likeness (QED) is 0.854. The second kappa shape index (κ2) is 5.92. The molecular weight excluding hydrogens is 294 g/mol. The Morgan fingerprint density at radius 2 is 2.10 bits per heavy atom. The number of rotatable bonds is 5. The van der Waals surface area contributed by atoms with Crippen molar-refractivity contribution in [3.8, 4) is 0 Å². The van der Waals surface area contributed by atoms with Crippen LogP contribution in [0.25, 0.3) is 0 Å². The van der Waals surface area contributed by atoms with Crippen LogP contribution in [-0.4, -0.2) is 35.3 Å². The minimum atomic E-state index is -3.38. The maximum Gasteiger partial charge on any atom is 0.257 e. The van der Waals surface area contributed by atoms with Gasteiger partial charge in [-0.05, 0) is 19.1 Å². The van der Waals surface area contributed by atoms with Gasteiger partial charge in [0.15, 0.2) is 0 Å². The smallest absolute Gasteiger partial charge is 0.257 e. The molecule has 2 aromatic rings. The average molecular weight is 309 g/mol. The molecule has 0 radical (unpaired) electrons. The molecule has 0 saturated carbocycles. The third-order valence-corrected chi connectivity index (χ3v) is 3.11. The van der Waals surface area contributed by atoms with Crippen molar-refractivity contribution in [3.05, 3.63) is 36.3 Å². The number of amides is 1. The summed E-state index contributed by atoms with van der Waals surface area (Å²) < 4.78 is 26.0. The van der Waals surface area contributed by atoms with E-state index in [2.05, 4.69) is 20.1 Å². The molecule has 0 unspecified atom stereocenters. The Bertz CT molecular complexity index is 737. The van der Waals surface area contributed by atoms with E-state index < -0.39 is 10.0 Å². The molecule has 0 aromatic carbocycles. The van der Waals surface area contributed by atoms with Crippen molar-refractivity contribution in [2.75, 3.05) is 16.3 Å². The second-order valence-corrected chi connectivity index (χ2v) is 6.09. The first-order valence-corrected chi connectivity index (χ1v) is 8.04. The maximum atomic E-state index is 12.0. The molecule has 0 atom stereocenters. The van der Waals surface area contributed by atoms with Gasteiger partial charge in [-0.2, -0.15) is 5.10 Å². The van der Waals surface area contributed by atoms with Crippen molar-refractivity contribution in [3.63, 3.8) is 0 Å². The van der Waals surface area contributed by atoms with Gasteiger partial charge < -0.3 is 5.32 Å². The lowest BCUT2D eigenvalue weighted by Gasteiger charge is -2.05. The number of nitrogens with zero attached hydrogens (tertiary/aromatic N) is 3. The van der Waals surface area contributed by atoms with Crippen LogP contribution in [0.3, 0.4) is 0 Å². The second-order valence-electron chi connectivity index (χ2n) is 4.35. The zero-order chi connectivity index (χ0) is 15.5. The number of pyridine rings is 1. The molecular formula is C12H15N5O3S. The highest BCUT2D eigenvalue weighted by molar-refractivity contribution is 7.92. The van der Waals surface area contributed by atoms with Crippen LogP contribution in [0.5, 0.6) is 0 Å². The highest BCUT2D eigenvalue weighted by atomic mass is 32.2. The van der Waals surface area contributed by atoms with Gasteiger partial charge in [-0.1, -0.05) is 0 Å². The molecule has 2 heterocycles. The van der Waals surface area contributed by atoms with E-state index in [1.165, 1.54) is 18.3 Å². The van der Waals surface area contributed by atoms with Crippen LogP contribution >= 0.6 is 0 Å². The molecule has 2 rings (SSSR count). The maximum absolute atomic E-state index is 12.0. The fourth-order valence-electron chi connectivity index (χ4n) is 1.58. The van der Waals surface area contributed by atoms with Crippen LogP contribution in [0, 0.1) is 0 Å². The Morgan fingerprint density at radius 3 is 2.62 bits per heavy atom. The predicted molar refractivity (Wildman–Crippen MR) is 78.6 cm³/mol. The molecule has 21 heavy (non-hydrogen) atoms. The molecule has 0 fully saturated rings. The van der Waals surface area contributed by atoms with Crippen LogP contribution in [0.2, 0.25) is 0 Å². The summed E-state index contributed by atoms with van der Waals surface area (Å²) in [6.07, 6.45) is 5.59. The minimum Gasteiger partial charge on any atom is -0.319 e. The first kappa shape index (κ1) is 15.0. The van der Waals surface area contributed by atoms with Crippen molar-refractivity contribution < 1.29 is 13.2 Å². The van der Waals surface area contributed by atoms with E-state index in [0.717, 1.165) is 6.26 Å². The molecule has 0 aliphatic carbocycles. The Hall–Kier alpha value is -2.42. The third kappa shape index (κ3) is 4.28. The molecule has 2 N–H and O–H groups in total. The Labute approximate surface area is 122 Å². The number of carbonyl (C=O) groups excluding carboxylic acids is 1. The molecule has 0 aliphatic heterocycles. The van der Waals surface area contributed by atoms with E-state index in [4.69, 9.17) is 0 Å². The Kier molecular flexibility index (Phi) is 4.22. The van der Waals surface area contributed by atoms with Crippen LogP contribution in [-0.2, 0) is 16.6 Å². The van der Waals surface area contributed by atoms with Crippen LogP contribution in [0.15, 0.2) is 30.7 Å². The van der Waals surface area contributed by atoms with E-state index in [1.807, 2.05) is 6.92 Å². The summed E-state index contributed by atoms with van der Waals surface area (Å²) in [4.78, 5) is 15.9. The number of aromatic nitrogens is 3. The van der Waals surface area contributed by atoms with Crippen molar-refractivity contribution in [1.82, 2.24) is 14.8 Å². The van der Waals surface area contributed by atoms with Gasteiger partial charge in [0.1, 0.15) is 5.82 Å². The number of carbonyl (C=O) groups is 1. The molecule has 0 aliphatic rings. The number of anilines is 2. The van der Waals surface area contributed by atoms with Gasteiger partial charge in [0, 0.05) is 18.9 Å². The van der Waals surface area contributed by atoms with Gasteiger partial charge in [0.2, 0.25) is 10.0 Å². The summed E-state index contributed by atoms with van der Waals surface area (Å²) in [5, 5.41) is 6.73. The summed E-state index contributed by atoms with van der Waals surface area (Å²) in [5.41, 5.74) is 0.901. The summed E-state index contributed by atoms with van der Waals surface area (Å²) in [5.74, 6) is -0.183. The first-order chi connectivity index (χ1) is 9.87. The number of nitrogens with one attached hydrogen (secondary N) is 2. The van der Waals surface area contributed by atoms with E-state index >= 15 is 0 Å². The Balaban J connectivity index is 2.06. The van der Waals surface area contributed by atoms with Gasteiger partial charge in [-0.3, -0.25) is 14.2 Å². The first-order valence-electron chi connectivity index (χ1n) is 6.15. The molecule has 0 bridgehead atoms. The van der Waals surface area contributed by atoms with E-state index in [9.17, 15) is 13.2 Å². The molecule has 0 saturated heterocycles. The summed E-state index contributed by atoms with van der Waals surface area (Å²) in [6, 6.07) is 2.91. The monoisotopic (exact) mass is 309 g/mol. The molecule has 112 valence electrons. The largest absolute Gasteiger partial charge is 0.319 e. The van der Waals surface area contributed by atoms with Gasteiger partial charge >= 0.3 is 0 Å². The zero-order valence-electron chi connectivity index (χ0n) is 11.6. The van der Waals surface area contributed by atoms with Crippen molar-refractivity contribution in [2.45, 2.75) is 13.5 Å². The number of hydrogen-bond donors (Lipinski definition) is 2. The number of aryl methyl sites for hydroxylation is 1. The summed E-state index contributed by atoms with van der Waals surface area (Å²) >= 11 is 0. The predicted octanol–water partition coefficient (Wildman–Crippen LogP) is 0.922. The normalized spacial score (nSPS) is 11.1. The fraction of sp³-hybridized carbons (Fsp3) is 0.250. The Morgan fingerprint density at radius 1 is 1.33 bits per heavy atom. The lowest BCUT2D eigenvalue weighted by Crippen LogP contribution is -2.14. The number of hydrogen-bond acceptors (Lipinski definition) is 5. The van der Waals surface area contributed by atoms with Crippen molar-refractivity contribution >= 4 is 27.4 Å². The highest BCUT2D eigenvalue weighted by Crippen LogP contribution is 2.10. The molecule has 0 spiro atoms. The minimum absolute atomic E-state index is 0.160. The summed E-state index contributed by atoms with van der Waals surface area (Å²) in [6.45, 7) is 2.65. The lowest BCUT2D eigenvalue weighted by molar-refractivity contribution is 0.102. The van der Waals surface area contributed by atoms with Gasteiger partial charge in [-0.15, -0.1) is 0 Å². The van der Waals surface area contributed by atoms with Gasteiger partial charge in [-0.25, -0.2) is 13.4 Å². The molecule has 1 amide bonds. The SMILES string of the molecule is CCn1cc(NC(=O)c2ccc(NS(C)(=O)=O)nc2)cn1. The van der Waals surface area contributed by atoms with Crippen LogP contribution in [0.4, 0.5) is 11.5 Å². The molecule has 2 aromatic heterocycles. The fourth-order valence-corrected chi connectivity index (χ4v) is 2.08. The van der Waals surface area contributed by atoms with E-state index in [-0.39, 0.29) is 11.7 Å². The molecule has 8 nitrogen and oxygen atoms in total. The van der Waals surface area contributed by atoms with Crippen molar-refractivity contribution in [2.24, 2.45) is 0 Å². The number of sulfonamides is 1. The lowest BCUT2D eigenvalue weighted by atomic mass is 10.2. The van der Waals surface area contributed by atoms with Crippen molar-refractivity contribution in [1.29, 1.82) is 0 Å². The van der Waals surface area contributed by atoms with Crippen LogP contribution in [0.1, 0.15) is 17.3 Å². The zero-order valence-corrected chi connectivity index (χ0v) is 12.4.